The lowest BCUT2D eigenvalue weighted by Crippen LogP contribution is -2.19. The van der Waals surface area contributed by atoms with Crippen LogP contribution < -0.4 is 0 Å². The van der Waals surface area contributed by atoms with Crippen LogP contribution in [0.2, 0.25) is 0 Å². The van der Waals surface area contributed by atoms with E-state index in [1.54, 1.807) is 0 Å². The van der Waals surface area contributed by atoms with Crippen LogP contribution in [-0.4, -0.2) is 57.8 Å². The van der Waals surface area contributed by atoms with Gasteiger partial charge < -0.3 is 40.9 Å². The molecule has 0 aliphatic carbocycles. The first-order valence-corrected chi connectivity index (χ1v) is 10.1. The molecule has 0 unspecified atom stereocenters. The fourth-order valence-corrected chi connectivity index (χ4v) is 3.29. The molecule has 0 saturated heterocycles. The Balaban J connectivity index is 2.60. The molecule has 0 fully saturated rings. The van der Waals surface area contributed by atoms with Crippen LogP contribution in [0, 0.1) is 0 Å². The van der Waals surface area contributed by atoms with Crippen molar-refractivity contribution >= 4 is 5.78 Å². The van der Waals surface area contributed by atoms with E-state index >= 15 is 0 Å². The van der Waals surface area contributed by atoms with Crippen molar-refractivity contribution in [3.8, 4) is 34.5 Å². The molecule has 2 rings (SSSR count). The van der Waals surface area contributed by atoms with E-state index in [1.807, 2.05) is 0 Å². The highest BCUT2D eigenvalue weighted by atomic mass is 16.3. The molecule has 0 amide bonds. The molecule has 8 N–H and O–H groups in total. The van der Waals surface area contributed by atoms with Crippen molar-refractivity contribution in [1.29, 1.82) is 0 Å². The zero-order chi connectivity index (χ0) is 24.6. The van der Waals surface area contributed by atoms with Crippen LogP contribution in [0.3, 0.4) is 0 Å². The number of aliphatic hydroxyl groups is 2. The van der Waals surface area contributed by atoms with Crippen molar-refractivity contribution in [2.75, 3.05) is 0 Å². The average molecular weight is 450 g/mol. The molecule has 0 saturated carbocycles. The first kappa shape index (κ1) is 25.1. The quantitative estimate of drug-likeness (QED) is 0.281. The van der Waals surface area contributed by atoms with Crippen LogP contribution >= 0.6 is 0 Å². The minimum absolute atomic E-state index is 0.0356. The van der Waals surface area contributed by atoms with Crippen LogP contribution in [0.1, 0.15) is 67.6 Å². The third-order valence-electron chi connectivity index (χ3n) is 5.15. The van der Waals surface area contributed by atoms with E-state index in [1.165, 1.54) is 27.7 Å². The summed E-state index contributed by atoms with van der Waals surface area (Å²) < 4.78 is 0. The second kappa shape index (κ2) is 8.76. The lowest BCUT2D eigenvalue weighted by atomic mass is 9.90. The molecule has 9 nitrogen and oxygen atoms in total. The van der Waals surface area contributed by atoms with E-state index in [2.05, 4.69) is 0 Å². The summed E-state index contributed by atoms with van der Waals surface area (Å²) >= 11 is 0. The Bertz CT molecular complexity index is 946. The summed E-state index contributed by atoms with van der Waals surface area (Å²) in [5.41, 5.74) is -3.81. The van der Waals surface area contributed by atoms with Gasteiger partial charge in [-0.2, -0.15) is 0 Å². The molecule has 0 aliphatic rings. The Kier molecular flexibility index (Phi) is 6.87. The molecular weight excluding hydrogens is 420 g/mol. The van der Waals surface area contributed by atoms with Gasteiger partial charge >= 0.3 is 0 Å². The number of aromatic hydroxyl groups is 6. The lowest BCUT2D eigenvalue weighted by molar-refractivity contribution is 0.0704. The topological polar surface area (TPSA) is 179 Å². The molecule has 0 bridgehead atoms. The van der Waals surface area contributed by atoms with Gasteiger partial charge in [0.15, 0.2) is 0 Å². The molecule has 9 heteroatoms. The summed E-state index contributed by atoms with van der Waals surface area (Å²) in [7, 11) is 0. The largest absolute Gasteiger partial charge is 0.507 e. The van der Waals surface area contributed by atoms with Gasteiger partial charge in [-0.05, 0) is 53.4 Å². The van der Waals surface area contributed by atoms with Crippen molar-refractivity contribution in [2.45, 2.75) is 64.6 Å². The van der Waals surface area contributed by atoms with Crippen molar-refractivity contribution in [2.24, 2.45) is 0 Å². The fourth-order valence-electron chi connectivity index (χ4n) is 3.29. The van der Waals surface area contributed by atoms with E-state index in [9.17, 15) is 45.6 Å². The first-order valence-electron chi connectivity index (χ1n) is 10.1. The van der Waals surface area contributed by atoms with E-state index in [0.29, 0.717) is 0 Å². The monoisotopic (exact) mass is 450 g/mol. The summed E-state index contributed by atoms with van der Waals surface area (Å²) in [4.78, 5) is 13.2. The van der Waals surface area contributed by atoms with Gasteiger partial charge in [-0.3, -0.25) is 4.79 Å². The molecule has 0 atom stereocenters. The number of carbonyl (C=O) groups excluding carboxylic acids is 1. The molecule has 0 aromatic heterocycles. The minimum Gasteiger partial charge on any atom is -0.507 e. The third-order valence-corrected chi connectivity index (χ3v) is 5.15. The van der Waals surface area contributed by atoms with Crippen LogP contribution in [0.5, 0.6) is 34.5 Å². The van der Waals surface area contributed by atoms with Gasteiger partial charge in [-0.15, -0.1) is 0 Å². The Morgan fingerprint density at radius 2 is 0.969 bits per heavy atom. The van der Waals surface area contributed by atoms with Gasteiger partial charge in [0.25, 0.3) is 0 Å². The van der Waals surface area contributed by atoms with Gasteiger partial charge in [0.1, 0.15) is 45.6 Å². The van der Waals surface area contributed by atoms with Gasteiger partial charge in [-0.25, -0.2) is 0 Å². The number of ketones is 1. The van der Waals surface area contributed by atoms with E-state index in [4.69, 9.17) is 0 Å². The predicted octanol–water partition coefficient (Wildman–Crippen LogP) is 2.56. The van der Waals surface area contributed by atoms with Gasteiger partial charge in [0, 0.05) is 23.3 Å². The smallest absolute Gasteiger partial charge is 0.208 e. The Hall–Kier alpha value is -3.17. The standard InChI is InChI=1S/C23H30O9/c1-22(2,31)7-5-11-13(24)9-15(26)17(19(11)28)21(30)18-16(27)10-14(25)12(20(18)29)6-8-23(3,4)32/h9-10,24-29,31-32H,5-8H2,1-4H3. The maximum atomic E-state index is 13.2. The molecule has 0 heterocycles. The number of benzene rings is 2. The third kappa shape index (κ3) is 5.54. The van der Waals surface area contributed by atoms with Crippen LogP contribution in [0.25, 0.3) is 0 Å². The Morgan fingerprint density at radius 3 is 1.25 bits per heavy atom. The molecule has 2 aromatic rings. The maximum Gasteiger partial charge on any atom is 0.208 e. The number of hydrogen-bond donors (Lipinski definition) is 8. The van der Waals surface area contributed by atoms with Crippen molar-refractivity contribution in [3.05, 3.63) is 34.4 Å². The Morgan fingerprint density at radius 1 is 0.656 bits per heavy atom. The van der Waals surface area contributed by atoms with E-state index < -0.39 is 62.6 Å². The summed E-state index contributed by atoms with van der Waals surface area (Å²) in [6.07, 6.45) is 0.158. The maximum absolute atomic E-state index is 13.2. The fraction of sp³-hybridized carbons (Fsp3) is 0.435. The van der Waals surface area contributed by atoms with Gasteiger partial charge in [-0.1, -0.05) is 0 Å². The Labute approximate surface area is 185 Å². The molecule has 176 valence electrons. The van der Waals surface area contributed by atoms with Crippen molar-refractivity contribution in [1.82, 2.24) is 0 Å². The molecule has 0 radical (unpaired) electrons. The summed E-state index contributed by atoms with van der Waals surface area (Å²) in [5.74, 6) is -5.24. The summed E-state index contributed by atoms with van der Waals surface area (Å²) in [5, 5.41) is 81.8. The van der Waals surface area contributed by atoms with Crippen LogP contribution in [0.15, 0.2) is 12.1 Å². The molecule has 0 aliphatic heterocycles. The molecule has 0 spiro atoms. The molecule has 32 heavy (non-hydrogen) atoms. The van der Waals surface area contributed by atoms with E-state index in [0.717, 1.165) is 12.1 Å². The van der Waals surface area contributed by atoms with Crippen molar-refractivity contribution in [3.63, 3.8) is 0 Å². The number of carbonyl (C=O) groups is 1. The molecular formula is C23H30O9. The number of phenolic OH excluding ortho intramolecular Hbond substituents is 6. The lowest BCUT2D eigenvalue weighted by Gasteiger charge is -2.20. The summed E-state index contributed by atoms with van der Waals surface area (Å²) in [6.45, 7) is 6.09. The predicted molar refractivity (Wildman–Crippen MR) is 116 cm³/mol. The van der Waals surface area contributed by atoms with Gasteiger partial charge in [0.2, 0.25) is 5.78 Å². The number of phenols is 6. The van der Waals surface area contributed by atoms with Crippen LogP contribution in [0.4, 0.5) is 0 Å². The minimum atomic E-state index is -1.15. The normalized spacial score (nSPS) is 12.2. The zero-order valence-electron chi connectivity index (χ0n) is 18.5. The average Bonchev–Trinajstić information content (AvgIpc) is 2.58. The number of rotatable bonds is 8. The van der Waals surface area contributed by atoms with Crippen molar-refractivity contribution < 1.29 is 45.6 Å². The number of hydrogen-bond acceptors (Lipinski definition) is 9. The van der Waals surface area contributed by atoms with Gasteiger partial charge in [0.05, 0.1) is 11.2 Å². The molecule has 2 aromatic carbocycles. The zero-order valence-corrected chi connectivity index (χ0v) is 18.5. The van der Waals surface area contributed by atoms with Crippen LogP contribution in [-0.2, 0) is 12.8 Å². The summed E-state index contributed by atoms with van der Waals surface area (Å²) in [6, 6.07) is 1.69. The SMILES string of the molecule is CC(C)(O)CCc1c(O)cc(O)c(C(=O)c2c(O)cc(O)c(CCC(C)(C)O)c2O)c1O. The second-order valence-corrected chi connectivity index (χ2v) is 9.19. The highest BCUT2D eigenvalue weighted by Crippen LogP contribution is 2.44. The first-order chi connectivity index (χ1) is 14.5. The van der Waals surface area contributed by atoms with E-state index in [-0.39, 0.29) is 36.8 Å². The second-order valence-electron chi connectivity index (χ2n) is 9.19. The highest BCUT2D eigenvalue weighted by molar-refractivity contribution is 6.16. The highest BCUT2D eigenvalue weighted by Gasteiger charge is 2.30.